The molecule has 1 aliphatic heterocycles. The molecular weight excluding hydrogens is 166 g/mol. The highest BCUT2D eigenvalue weighted by molar-refractivity contribution is 5.50. The zero-order valence-corrected chi connectivity index (χ0v) is 7.50. The smallest absolute Gasteiger partial charge is 0.238 e. The summed E-state index contributed by atoms with van der Waals surface area (Å²) in [5.41, 5.74) is 1.23. The molecule has 1 saturated carbocycles. The quantitative estimate of drug-likeness (QED) is 0.631. The Kier molecular flexibility index (Phi) is 1.12. The van der Waals surface area contributed by atoms with Gasteiger partial charge in [-0.15, -0.1) is 0 Å². The van der Waals surface area contributed by atoms with Crippen LogP contribution in [0.3, 0.4) is 0 Å². The number of nitrogens with zero attached hydrogens (tertiary/aromatic N) is 2. The van der Waals surface area contributed by atoms with Crippen LogP contribution in [-0.2, 0) is 5.41 Å². The van der Waals surface area contributed by atoms with Gasteiger partial charge in [0.1, 0.15) is 0 Å². The fourth-order valence-corrected chi connectivity index (χ4v) is 2.30. The number of aromatic nitrogens is 2. The first kappa shape index (κ1) is 7.26. The maximum atomic E-state index is 5.20. The van der Waals surface area contributed by atoms with Crippen LogP contribution in [0.2, 0.25) is 0 Å². The van der Waals surface area contributed by atoms with E-state index in [1.807, 2.05) is 6.92 Å². The number of aryl methyl sites for hydroxylation is 1. The third kappa shape index (κ3) is 0.698. The predicted octanol–water partition coefficient (Wildman–Crippen LogP) is 0.405. The van der Waals surface area contributed by atoms with Crippen LogP contribution in [0.5, 0.6) is 0 Å². The van der Waals surface area contributed by atoms with Gasteiger partial charge in [-0.05, 0) is 6.92 Å². The Morgan fingerprint density at radius 3 is 3.08 bits per heavy atom. The van der Waals surface area contributed by atoms with E-state index >= 15 is 0 Å². The second kappa shape index (κ2) is 2.01. The molecule has 4 nitrogen and oxygen atoms in total. The Hall–Kier alpha value is -1.16. The van der Waals surface area contributed by atoms with Crippen LogP contribution in [0, 0.1) is 12.8 Å². The molecule has 1 aromatic rings. The molecule has 68 valence electrons. The van der Waals surface area contributed by atoms with Gasteiger partial charge in [0.15, 0.2) is 5.82 Å². The second-order valence-corrected chi connectivity index (χ2v) is 3.83. The first-order valence-corrected chi connectivity index (χ1v) is 4.46. The van der Waals surface area contributed by atoms with Crippen molar-refractivity contribution in [1.29, 1.82) is 0 Å². The molecule has 0 unspecified atom stereocenters. The van der Waals surface area contributed by atoms with E-state index in [-0.39, 0.29) is 5.41 Å². The van der Waals surface area contributed by atoms with Crippen molar-refractivity contribution in [3.8, 4) is 0 Å². The lowest BCUT2D eigenvalue weighted by Gasteiger charge is -2.03. The lowest BCUT2D eigenvalue weighted by Crippen LogP contribution is -2.20. The van der Waals surface area contributed by atoms with Gasteiger partial charge in [0.25, 0.3) is 0 Å². The van der Waals surface area contributed by atoms with Gasteiger partial charge in [-0.3, -0.25) is 0 Å². The zero-order valence-electron chi connectivity index (χ0n) is 7.50. The molecule has 1 N–H and O–H groups in total. The Balaban J connectivity index is 2.06. The van der Waals surface area contributed by atoms with E-state index in [4.69, 9.17) is 4.52 Å². The molecule has 0 radical (unpaired) electrons. The summed E-state index contributed by atoms with van der Waals surface area (Å²) in [7, 11) is 0. The summed E-state index contributed by atoms with van der Waals surface area (Å²) in [4.78, 5) is 4.28. The highest BCUT2D eigenvalue weighted by Crippen LogP contribution is 2.59. The normalized spacial score (nSPS) is 36.4. The van der Waals surface area contributed by atoms with Gasteiger partial charge in [-0.25, -0.2) is 0 Å². The summed E-state index contributed by atoms with van der Waals surface area (Å²) in [6, 6.07) is 0. The topological polar surface area (TPSA) is 51.0 Å². The van der Waals surface area contributed by atoms with Crippen molar-refractivity contribution < 1.29 is 4.52 Å². The average Bonchev–Trinajstić information content (AvgIpc) is 2.60. The Morgan fingerprint density at radius 2 is 2.54 bits per heavy atom. The molecule has 1 aromatic heterocycles. The van der Waals surface area contributed by atoms with E-state index < -0.39 is 0 Å². The number of rotatable bonds is 1. The summed E-state index contributed by atoms with van der Waals surface area (Å²) in [5.74, 6) is 1.96. The van der Waals surface area contributed by atoms with Gasteiger partial charge in [0.2, 0.25) is 5.89 Å². The van der Waals surface area contributed by atoms with E-state index in [1.165, 1.54) is 5.57 Å². The van der Waals surface area contributed by atoms with Crippen LogP contribution in [0.25, 0.3) is 0 Å². The van der Waals surface area contributed by atoms with Gasteiger partial charge in [-0.2, -0.15) is 4.98 Å². The Morgan fingerprint density at radius 1 is 1.69 bits per heavy atom. The summed E-state index contributed by atoms with van der Waals surface area (Å²) in [5, 5.41) is 7.12. The molecule has 0 spiro atoms. The standard InChI is InChI=1S/C9H11N3O/c1-5-7-3-10-4-9(5,7)8-11-6(2)12-13-8/h7,10H,1,3-4H2,2H3/t7-,9-/m1/s1. The second-order valence-electron chi connectivity index (χ2n) is 3.83. The molecule has 0 bridgehead atoms. The molecule has 4 heteroatoms. The molecule has 2 atom stereocenters. The van der Waals surface area contributed by atoms with Crippen LogP contribution in [0.1, 0.15) is 11.7 Å². The van der Waals surface area contributed by atoms with E-state index in [1.54, 1.807) is 0 Å². The zero-order chi connectivity index (χ0) is 9.05. The van der Waals surface area contributed by atoms with Gasteiger partial charge in [0, 0.05) is 19.0 Å². The van der Waals surface area contributed by atoms with Gasteiger partial charge in [0.05, 0.1) is 5.41 Å². The predicted molar refractivity (Wildman–Crippen MR) is 46.2 cm³/mol. The van der Waals surface area contributed by atoms with Crippen LogP contribution in [0.4, 0.5) is 0 Å². The van der Waals surface area contributed by atoms with Crippen LogP contribution in [0.15, 0.2) is 16.7 Å². The highest BCUT2D eigenvalue weighted by Gasteiger charge is 2.66. The van der Waals surface area contributed by atoms with Crippen molar-refractivity contribution >= 4 is 0 Å². The summed E-state index contributed by atoms with van der Waals surface area (Å²) < 4.78 is 5.20. The number of hydrogen-bond donors (Lipinski definition) is 1. The molecule has 3 rings (SSSR count). The molecule has 0 amide bonds. The minimum atomic E-state index is -0.0126. The summed E-state index contributed by atoms with van der Waals surface area (Å²) >= 11 is 0. The lowest BCUT2D eigenvalue weighted by molar-refractivity contribution is 0.347. The molecule has 13 heavy (non-hydrogen) atoms. The number of hydrogen-bond acceptors (Lipinski definition) is 4. The van der Waals surface area contributed by atoms with Gasteiger partial charge < -0.3 is 9.84 Å². The Labute approximate surface area is 76.0 Å². The minimum absolute atomic E-state index is 0.0126. The average molecular weight is 177 g/mol. The number of fused-ring (bicyclic) bond motifs is 1. The van der Waals surface area contributed by atoms with Gasteiger partial charge in [-0.1, -0.05) is 17.3 Å². The Bertz CT molecular complexity index is 384. The van der Waals surface area contributed by atoms with Crippen molar-refractivity contribution in [2.45, 2.75) is 12.3 Å². The van der Waals surface area contributed by atoms with E-state index in [9.17, 15) is 0 Å². The largest absolute Gasteiger partial charge is 0.338 e. The molecule has 2 aliphatic rings. The first-order chi connectivity index (χ1) is 6.25. The SMILES string of the molecule is C=C1[C@H]2CNC[C@@]12c1nc(C)no1. The van der Waals surface area contributed by atoms with E-state index in [2.05, 4.69) is 22.0 Å². The number of nitrogens with one attached hydrogen (secondary N) is 1. The summed E-state index contributed by atoms with van der Waals surface area (Å²) in [6.07, 6.45) is 0. The van der Waals surface area contributed by atoms with E-state index in [0.717, 1.165) is 19.0 Å². The van der Waals surface area contributed by atoms with Crippen molar-refractivity contribution in [2.24, 2.45) is 5.92 Å². The monoisotopic (exact) mass is 177 g/mol. The fourth-order valence-electron chi connectivity index (χ4n) is 2.30. The molecule has 1 aliphatic carbocycles. The summed E-state index contributed by atoms with van der Waals surface area (Å²) in [6.45, 7) is 7.78. The third-order valence-electron chi connectivity index (χ3n) is 3.17. The third-order valence-corrected chi connectivity index (χ3v) is 3.17. The lowest BCUT2D eigenvalue weighted by atomic mass is 10.1. The van der Waals surface area contributed by atoms with Crippen LogP contribution >= 0.6 is 0 Å². The van der Waals surface area contributed by atoms with Crippen LogP contribution < -0.4 is 5.32 Å². The van der Waals surface area contributed by atoms with Crippen LogP contribution in [-0.4, -0.2) is 23.2 Å². The maximum absolute atomic E-state index is 5.20. The van der Waals surface area contributed by atoms with Crippen molar-refractivity contribution in [3.05, 3.63) is 23.9 Å². The maximum Gasteiger partial charge on any atom is 0.238 e. The van der Waals surface area contributed by atoms with Crippen molar-refractivity contribution in [1.82, 2.24) is 15.5 Å². The van der Waals surface area contributed by atoms with Gasteiger partial charge >= 0.3 is 0 Å². The highest BCUT2D eigenvalue weighted by atomic mass is 16.5. The fraction of sp³-hybridized carbons (Fsp3) is 0.556. The van der Waals surface area contributed by atoms with Crippen molar-refractivity contribution in [3.63, 3.8) is 0 Å². The molecular formula is C9H11N3O. The minimum Gasteiger partial charge on any atom is -0.338 e. The molecule has 2 fully saturated rings. The molecule has 0 aromatic carbocycles. The first-order valence-electron chi connectivity index (χ1n) is 4.46. The molecule has 2 heterocycles. The molecule has 1 saturated heterocycles. The van der Waals surface area contributed by atoms with E-state index in [0.29, 0.717) is 11.7 Å². The van der Waals surface area contributed by atoms with Crippen molar-refractivity contribution in [2.75, 3.05) is 13.1 Å². The number of piperidine rings is 1.